The van der Waals surface area contributed by atoms with Crippen LogP contribution in [0.5, 0.6) is 5.75 Å². The second-order valence-electron chi connectivity index (χ2n) is 6.15. The second-order valence-corrected chi connectivity index (χ2v) is 6.15. The first-order valence-electron chi connectivity index (χ1n) is 8.20. The molecule has 0 unspecified atom stereocenters. The first-order chi connectivity index (χ1) is 12.4. The van der Waals surface area contributed by atoms with Crippen LogP contribution in [0.4, 0.5) is 20.2 Å². The number of carbonyl (C=O) groups excluding carboxylic acids is 2. The van der Waals surface area contributed by atoms with Crippen LogP contribution < -0.4 is 15.4 Å². The minimum atomic E-state index is -2.91. The standard InChI is InChI=1S/C19H18F2N2O3/c1-11-2-7-14(22-17(24)12-3-4-12)10-16(11)23-18(25)13-5-8-15(9-6-13)26-19(20)21/h2,5-10,12,19H,3-4H2,1H3,(H,22,24)(H,23,25). The van der Waals surface area contributed by atoms with Gasteiger partial charge in [-0.1, -0.05) is 6.07 Å². The molecule has 1 fully saturated rings. The molecule has 0 radical (unpaired) electrons. The largest absolute Gasteiger partial charge is 0.435 e. The number of aryl methyl sites for hydroxylation is 1. The first kappa shape index (κ1) is 17.8. The van der Waals surface area contributed by atoms with E-state index in [1.807, 2.05) is 6.92 Å². The molecule has 2 amide bonds. The molecule has 3 rings (SSSR count). The van der Waals surface area contributed by atoms with Gasteiger partial charge in [0.25, 0.3) is 5.91 Å². The molecule has 1 aliphatic carbocycles. The van der Waals surface area contributed by atoms with Crippen molar-refractivity contribution in [1.29, 1.82) is 0 Å². The SMILES string of the molecule is Cc1ccc(NC(=O)C2CC2)cc1NC(=O)c1ccc(OC(F)F)cc1. The van der Waals surface area contributed by atoms with Crippen molar-refractivity contribution in [2.24, 2.45) is 5.92 Å². The molecule has 0 atom stereocenters. The van der Waals surface area contributed by atoms with Crippen LogP contribution in [0.25, 0.3) is 0 Å². The Bertz CT molecular complexity index is 818. The normalized spacial score (nSPS) is 13.4. The number of hydrogen-bond donors (Lipinski definition) is 2. The Balaban J connectivity index is 1.68. The summed E-state index contributed by atoms with van der Waals surface area (Å²) in [6.45, 7) is -1.08. The zero-order valence-electron chi connectivity index (χ0n) is 14.1. The van der Waals surface area contributed by atoms with Crippen molar-refractivity contribution >= 4 is 23.2 Å². The van der Waals surface area contributed by atoms with Crippen LogP contribution in [0.15, 0.2) is 42.5 Å². The van der Waals surface area contributed by atoms with Gasteiger partial charge in [-0.15, -0.1) is 0 Å². The average Bonchev–Trinajstić information content (AvgIpc) is 3.43. The number of hydrogen-bond acceptors (Lipinski definition) is 3. The third-order valence-corrected chi connectivity index (χ3v) is 4.04. The van der Waals surface area contributed by atoms with E-state index in [2.05, 4.69) is 15.4 Å². The van der Waals surface area contributed by atoms with Gasteiger partial charge in [0.2, 0.25) is 5.91 Å². The van der Waals surface area contributed by atoms with Crippen LogP contribution in [0.3, 0.4) is 0 Å². The van der Waals surface area contributed by atoms with Gasteiger partial charge in [0.05, 0.1) is 0 Å². The molecule has 136 valence electrons. The first-order valence-corrected chi connectivity index (χ1v) is 8.20. The maximum atomic E-state index is 12.4. The van der Waals surface area contributed by atoms with Crippen molar-refractivity contribution in [1.82, 2.24) is 0 Å². The average molecular weight is 360 g/mol. The van der Waals surface area contributed by atoms with Gasteiger partial charge in [0.1, 0.15) is 5.75 Å². The number of benzene rings is 2. The summed E-state index contributed by atoms with van der Waals surface area (Å²) in [6, 6.07) is 10.7. The molecule has 2 N–H and O–H groups in total. The summed E-state index contributed by atoms with van der Waals surface area (Å²) >= 11 is 0. The van der Waals surface area contributed by atoms with Gasteiger partial charge < -0.3 is 15.4 Å². The zero-order valence-corrected chi connectivity index (χ0v) is 14.1. The summed E-state index contributed by atoms with van der Waals surface area (Å²) in [7, 11) is 0. The lowest BCUT2D eigenvalue weighted by Gasteiger charge is -2.12. The highest BCUT2D eigenvalue weighted by molar-refractivity contribution is 6.05. The monoisotopic (exact) mass is 360 g/mol. The van der Waals surface area contributed by atoms with E-state index in [0.717, 1.165) is 18.4 Å². The summed E-state index contributed by atoms with van der Waals surface area (Å²) < 4.78 is 28.6. The number of rotatable bonds is 6. The molecular formula is C19H18F2N2O3. The van der Waals surface area contributed by atoms with Gasteiger partial charge in [-0.05, 0) is 61.7 Å². The van der Waals surface area contributed by atoms with E-state index in [-0.39, 0.29) is 23.5 Å². The Morgan fingerprint density at radius 1 is 1.08 bits per heavy atom. The number of anilines is 2. The zero-order chi connectivity index (χ0) is 18.7. The molecule has 2 aromatic carbocycles. The Hall–Kier alpha value is -2.96. The lowest BCUT2D eigenvalue weighted by atomic mass is 10.1. The van der Waals surface area contributed by atoms with E-state index in [1.54, 1.807) is 18.2 Å². The van der Waals surface area contributed by atoms with Gasteiger partial charge in [-0.2, -0.15) is 8.78 Å². The summed E-state index contributed by atoms with van der Waals surface area (Å²) in [5.74, 6) is -0.330. The Kier molecular flexibility index (Phi) is 5.16. The fourth-order valence-corrected chi connectivity index (χ4v) is 2.41. The molecule has 2 aromatic rings. The van der Waals surface area contributed by atoms with E-state index < -0.39 is 6.61 Å². The topological polar surface area (TPSA) is 67.4 Å². The lowest BCUT2D eigenvalue weighted by Crippen LogP contribution is -2.15. The lowest BCUT2D eigenvalue weighted by molar-refractivity contribution is -0.117. The fraction of sp³-hybridized carbons (Fsp3) is 0.263. The molecule has 0 bridgehead atoms. The number of carbonyl (C=O) groups is 2. The van der Waals surface area contributed by atoms with Crippen LogP contribution in [-0.4, -0.2) is 18.4 Å². The summed E-state index contributed by atoms with van der Waals surface area (Å²) in [4.78, 5) is 24.2. The molecule has 0 heterocycles. The predicted octanol–water partition coefficient (Wildman–Crippen LogP) is 4.20. The molecule has 0 spiro atoms. The van der Waals surface area contributed by atoms with Crippen molar-refractivity contribution in [3.8, 4) is 5.75 Å². The van der Waals surface area contributed by atoms with Crippen molar-refractivity contribution < 1.29 is 23.1 Å². The van der Waals surface area contributed by atoms with Crippen molar-refractivity contribution in [2.45, 2.75) is 26.4 Å². The molecule has 1 aliphatic rings. The number of alkyl halides is 2. The van der Waals surface area contributed by atoms with E-state index in [9.17, 15) is 18.4 Å². The van der Waals surface area contributed by atoms with Crippen LogP contribution in [0.1, 0.15) is 28.8 Å². The van der Waals surface area contributed by atoms with Crippen molar-refractivity contribution in [3.05, 3.63) is 53.6 Å². The van der Waals surface area contributed by atoms with Crippen LogP contribution in [0.2, 0.25) is 0 Å². The second kappa shape index (κ2) is 7.51. The summed E-state index contributed by atoms with van der Waals surface area (Å²) in [6.07, 6.45) is 1.82. The highest BCUT2D eigenvalue weighted by Gasteiger charge is 2.29. The molecule has 5 nitrogen and oxygen atoms in total. The highest BCUT2D eigenvalue weighted by Crippen LogP contribution is 2.31. The Morgan fingerprint density at radius 2 is 1.77 bits per heavy atom. The third-order valence-electron chi connectivity index (χ3n) is 4.04. The highest BCUT2D eigenvalue weighted by atomic mass is 19.3. The van der Waals surface area contributed by atoms with Gasteiger partial charge in [-0.25, -0.2) is 0 Å². The molecule has 1 saturated carbocycles. The fourth-order valence-electron chi connectivity index (χ4n) is 2.41. The maximum absolute atomic E-state index is 12.4. The molecule has 0 aliphatic heterocycles. The number of halogens is 2. The minimum Gasteiger partial charge on any atom is -0.435 e. The van der Waals surface area contributed by atoms with Gasteiger partial charge in [0, 0.05) is 22.9 Å². The van der Waals surface area contributed by atoms with Gasteiger partial charge in [0.15, 0.2) is 0 Å². The summed E-state index contributed by atoms with van der Waals surface area (Å²) in [5.41, 5.74) is 2.32. The van der Waals surface area contributed by atoms with Gasteiger partial charge >= 0.3 is 6.61 Å². The quantitative estimate of drug-likeness (QED) is 0.811. The van der Waals surface area contributed by atoms with E-state index >= 15 is 0 Å². The predicted molar refractivity (Wildman–Crippen MR) is 93.6 cm³/mol. The Labute approximate surface area is 149 Å². The minimum absolute atomic E-state index is 0.0132. The van der Waals surface area contributed by atoms with E-state index in [0.29, 0.717) is 16.9 Å². The van der Waals surface area contributed by atoms with Gasteiger partial charge in [-0.3, -0.25) is 9.59 Å². The molecule has 26 heavy (non-hydrogen) atoms. The number of amides is 2. The third kappa shape index (κ3) is 4.56. The molecule has 7 heteroatoms. The van der Waals surface area contributed by atoms with Crippen LogP contribution >= 0.6 is 0 Å². The van der Waals surface area contributed by atoms with Crippen LogP contribution in [-0.2, 0) is 4.79 Å². The molecular weight excluding hydrogens is 342 g/mol. The number of ether oxygens (including phenoxy) is 1. The van der Waals surface area contributed by atoms with Crippen LogP contribution in [0, 0.1) is 12.8 Å². The van der Waals surface area contributed by atoms with E-state index in [4.69, 9.17) is 0 Å². The maximum Gasteiger partial charge on any atom is 0.387 e. The van der Waals surface area contributed by atoms with Crippen molar-refractivity contribution in [2.75, 3.05) is 10.6 Å². The Morgan fingerprint density at radius 3 is 2.38 bits per heavy atom. The van der Waals surface area contributed by atoms with E-state index in [1.165, 1.54) is 24.3 Å². The molecule has 0 aromatic heterocycles. The van der Waals surface area contributed by atoms with Crippen molar-refractivity contribution in [3.63, 3.8) is 0 Å². The molecule has 0 saturated heterocycles. The summed E-state index contributed by atoms with van der Waals surface area (Å²) in [5, 5.41) is 5.60. The smallest absolute Gasteiger partial charge is 0.387 e. The number of nitrogens with one attached hydrogen (secondary N) is 2.